The van der Waals surface area contributed by atoms with Crippen LogP contribution in [-0.4, -0.2) is 30.9 Å². The van der Waals surface area contributed by atoms with E-state index in [1.807, 2.05) is 0 Å². The molecule has 84 valence electrons. The van der Waals surface area contributed by atoms with Gasteiger partial charge in [0.25, 0.3) is 0 Å². The van der Waals surface area contributed by atoms with E-state index in [0.29, 0.717) is 0 Å². The summed E-state index contributed by atoms with van der Waals surface area (Å²) in [6, 6.07) is 0. The molecule has 0 aromatic heterocycles. The summed E-state index contributed by atoms with van der Waals surface area (Å²) >= 11 is -0.363. The fraction of sp³-hybridized carbons (Fsp3) is 0.500. The van der Waals surface area contributed by atoms with E-state index in [-0.39, 0.29) is 53.8 Å². The van der Waals surface area contributed by atoms with Crippen LogP contribution < -0.4 is 11.5 Å². The second-order valence-corrected chi connectivity index (χ2v) is 5.37. The maximum atomic E-state index is 6.70. The zero-order chi connectivity index (χ0) is 10.1. The number of nitrogens with zero attached hydrogens (tertiary/aromatic N) is 2. The second-order valence-electron chi connectivity index (χ2n) is 1.82. The van der Waals surface area contributed by atoms with Crippen LogP contribution in [0.3, 0.4) is 0 Å². The van der Waals surface area contributed by atoms with Crippen molar-refractivity contribution >= 4 is 58.6 Å². The van der Waals surface area contributed by atoms with Crippen molar-refractivity contribution in [3.8, 4) is 0 Å². The molecule has 14 heavy (non-hydrogen) atoms. The predicted molar refractivity (Wildman–Crippen MR) is 69.9 cm³/mol. The molecule has 0 bridgehead atoms. The molecule has 0 amide bonds. The van der Waals surface area contributed by atoms with Gasteiger partial charge in [-0.1, -0.05) is 0 Å². The number of thiol groups is 2. The predicted octanol–water partition coefficient (Wildman–Crippen LogP) is -0.490. The number of rotatable bonds is 0. The molecule has 0 heterocycles. The molecule has 0 unspecified atom stereocenters. The van der Waals surface area contributed by atoms with Gasteiger partial charge < -0.3 is 43.4 Å². The van der Waals surface area contributed by atoms with Crippen molar-refractivity contribution < 1.29 is 14.9 Å². The van der Waals surface area contributed by atoms with Gasteiger partial charge in [-0.2, -0.15) is 4.99 Å². The van der Waals surface area contributed by atoms with Gasteiger partial charge in [0, 0.05) is 14.1 Å². The molecule has 0 atom stereocenters. The fourth-order valence-electron chi connectivity index (χ4n) is 0.223. The zero-order valence-corrected chi connectivity index (χ0v) is 13.1. The first-order valence-electron chi connectivity index (χ1n) is 2.73. The Hall–Kier alpha value is 0.568. The molecule has 0 rings (SSSR count). The normalized spacial score (nSPS) is 7.71. The number of hydrogen-bond acceptors (Lipinski definition) is 5. The van der Waals surface area contributed by atoms with Crippen LogP contribution in [0.5, 0.6) is 0 Å². The first-order valence-corrected chi connectivity index (χ1v) is 8.31. The van der Waals surface area contributed by atoms with Crippen LogP contribution in [0, 0.1) is 5.41 Å². The standard InChI is InChI=1S/C4H11N5.Mo.2H2S.2S/c1-9(2)4(7)8-3(5)6;;;;;/h1-2H3,(H5,5,6,7,8);;2*1H2;;/q;+2;;;;/p-2. The third-order valence-electron chi connectivity index (χ3n) is 0.693. The molecule has 0 radical (unpaired) electrons. The third-order valence-corrected chi connectivity index (χ3v) is 0.693. The molecule has 0 saturated carbocycles. The summed E-state index contributed by atoms with van der Waals surface area (Å²) in [6.07, 6.45) is 0. The Morgan fingerprint density at radius 2 is 1.57 bits per heavy atom. The summed E-state index contributed by atoms with van der Waals surface area (Å²) in [5.74, 6) is -0.0382. The van der Waals surface area contributed by atoms with Crippen molar-refractivity contribution in [1.29, 1.82) is 5.41 Å². The molecule has 0 spiro atoms. The fourth-order valence-corrected chi connectivity index (χ4v) is 0.223. The Morgan fingerprint density at radius 1 is 1.29 bits per heavy atom. The number of nitrogens with one attached hydrogen (secondary N) is 1. The third kappa shape index (κ3) is 22.9. The molecule has 0 fully saturated rings. The topological polar surface area (TPSA) is 91.5 Å². The van der Waals surface area contributed by atoms with E-state index in [4.69, 9.17) is 16.9 Å². The molecule has 0 aromatic carbocycles. The molecule has 0 saturated heterocycles. The van der Waals surface area contributed by atoms with E-state index in [1.54, 1.807) is 19.0 Å². The zero-order valence-electron chi connectivity index (χ0n) is 7.67. The Bertz CT molecular complexity index is 212. The van der Waals surface area contributed by atoms with Gasteiger partial charge in [-0.15, -0.1) is 0 Å². The Morgan fingerprint density at radius 3 is 1.64 bits per heavy atom. The SMILES string of the molecule is CN(C)C(N)=NC(=N)N.[SH-].[SH-].[S]=[Mo+2]=[S]. The quantitative estimate of drug-likeness (QED) is 0.178. The number of guanidine groups is 2. The van der Waals surface area contributed by atoms with Crippen LogP contribution in [0.4, 0.5) is 0 Å². The Labute approximate surface area is 114 Å². The van der Waals surface area contributed by atoms with Crippen LogP contribution in [0.2, 0.25) is 0 Å². The first-order chi connectivity index (χ1) is 5.45. The van der Waals surface area contributed by atoms with Crippen LogP contribution in [0.1, 0.15) is 0 Å². The Balaban J connectivity index is -0.0000000891. The molecule has 10 heteroatoms. The van der Waals surface area contributed by atoms with Gasteiger partial charge in [0.15, 0.2) is 5.96 Å². The average Bonchev–Trinajstić information content (AvgIpc) is 1.87. The van der Waals surface area contributed by atoms with Crippen LogP contribution in [0.25, 0.3) is 0 Å². The molecule has 0 aliphatic rings. The van der Waals surface area contributed by atoms with Gasteiger partial charge in [0.05, 0.1) is 0 Å². The van der Waals surface area contributed by atoms with Crippen molar-refractivity contribution in [1.82, 2.24) is 4.90 Å². The van der Waals surface area contributed by atoms with Gasteiger partial charge in [0.1, 0.15) is 0 Å². The van der Waals surface area contributed by atoms with Crippen LogP contribution in [-0.2, 0) is 41.9 Å². The summed E-state index contributed by atoms with van der Waals surface area (Å²) in [6.45, 7) is 0. The van der Waals surface area contributed by atoms with E-state index < -0.39 is 0 Å². The van der Waals surface area contributed by atoms with Gasteiger partial charge in [-0.05, 0) is 0 Å². The molecule has 5 N–H and O–H groups in total. The number of aliphatic imine (C=N–C) groups is 1. The average molecular weight is 355 g/mol. The van der Waals surface area contributed by atoms with Crippen molar-refractivity contribution in [2.45, 2.75) is 0 Å². The second kappa shape index (κ2) is 16.0. The van der Waals surface area contributed by atoms with Crippen LogP contribution in [0.15, 0.2) is 4.99 Å². The van der Waals surface area contributed by atoms with Crippen molar-refractivity contribution in [2.24, 2.45) is 16.5 Å². The summed E-state index contributed by atoms with van der Waals surface area (Å²) in [7, 11) is 12.1. The summed E-state index contributed by atoms with van der Waals surface area (Å²) in [5.41, 5.74) is 10.2. The molecule has 5 nitrogen and oxygen atoms in total. The van der Waals surface area contributed by atoms with E-state index in [9.17, 15) is 0 Å². The monoisotopic (exact) mass is 357 g/mol. The minimum absolute atomic E-state index is 0. The van der Waals surface area contributed by atoms with Gasteiger partial charge in [-0.25, -0.2) is 0 Å². The number of hydrogen-bond donors (Lipinski definition) is 3. The maximum absolute atomic E-state index is 6.70. The molecule has 0 aromatic rings. The number of nitrogens with two attached hydrogens (primary N) is 2. The van der Waals surface area contributed by atoms with E-state index in [2.05, 4.69) is 24.6 Å². The first kappa shape index (κ1) is 24.0. The van der Waals surface area contributed by atoms with Crippen molar-refractivity contribution in [3.63, 3.8) is 0 Å². The molecule has 0 aliphatic heterocycles. The van der Waals surface area contributed by atoms with Gasteiger partial charge in [-0.3, -0.25) is 5.41 Å². The summed E-state index contributed by atoms with van der Waals surface area (Å²) in [5, 5.41) is 6.70. The van der Waals surface area contributed by atoms with E-state index in [1.165, 1.54) is 0 Å². The van der Waals surface area contributed by atoms with Crippen molar-refractivity contribution in [2.75, 3.05) is 14.1 Å². The Kier molecular flexibility index (Phi) is 27.5. The van der Waals surface area contributed by atoms with Crippen molar-refractivity contribution in [3.05, 3.63) is 0 Å². The van der Waals surface area contributed by atoms with Crippen LogP contribution >= 0.6 is 19.6 Å². The van der Waals surface area contributed by atoms with Gasteiger partial charge >= 0.3 is 34.6 Å². The summed E-state index contributed by atoms with van der Waals surface area (Å²) in [4.78, 5) is 5.03. The molecular weight excluding hydrogens is 342 g/mol. The van der Waals surface area contributed by atoms with Gasteiger partial charge in [0.2, 0.25) is 5.96 Å². The molecular formula is C4H13MoN5S4. The minimum atomic E-state index is -0.363. The van der Waals surface area contributed by atoms with E-state index in [0.717, 1.165) is 0 Å². The summed E-state index contributed by atoms with van der Waals surface area (Å²) < 4.78 is 0. The van der Waals surface area contributed by atoms with E-state index >= 15 is 0 Å². The molecule has 0 aliphatic carbocycles.